The van der Waals surface area contributed by atoms with Crippen molar-refractivity contribution >= 4 is 23.4 Å². The summed E-state index contributed by atoms with van der Waals surface area (Å²) in [7, 11) is 0. The van der Waals surface area contributed by atoms with Crippen LogP contribution in [0.3, 0.4) is 0 Å². The fourth-order valence-electron chi connectivity index (χ4n) is 2.99. The van der Waals surface area contributed by atoms with E-state index in [-0.39, 0.29) is 5.91 Å². The van der Waals surface area contributed by atoms with Crippen molar-refractivity contribution in [3.8, 4) is 0 Å². The van der Waals surface area contributed by atoms with E-state index in [2.05, 4.69) is 51.4 Å². The summed E-state index contributed by atoms with van der Waals surface area (Å²) in [5.41, 5.74) is 6.18. The molecule has 3 rings (SSSR count). The zero-order chi connectivity index (χ0) is 22.9. The Bertz CT molecular complexity index is 1250. The topological polar surface area (TPSA) is 80.1 Å². The molecular formula is C26H27N5O. The van der Waals surface area contributed by atoms with Crippen molar-refractivity contribution in [1.29, 1.82) is 0 Å². The summed E-state index contributed by atoms with van der Waals surface area (Å²) < 4.78 is 0. The minimum absolute atomic E-state index is 0.324. The van der Waals surface area contributed by atoms with Crippen LogP contribution in [0.25, 0.3) is 11.6 Å². The van der Waals surface area contributed by atoms with Gasteiger partial charge in [-0.3, -0.25) is 9.79 Å². The Morgan fingerprint density at radius 1 is 1.31 bits per heavy atom. The minimum Gasteiger partial charge on any atom is -0.306 e. The van der Waals surface area contributed by atoms with Crippen LogP contribution in [0, 0.1) is 5.92 Å². The van der Waals surface area contributed by atoms with Crippen molar-refractivity contribution in [1.82, 2.24) is 15.0 Å². The molecule has 0 fully saturated rings. The number of carbonyl (C=O) groups is 1. The van der Waals surface area contributed by atoms with Crippen molar-refractivity contribution in [3.05, 3.63) is 94.9 Å². The number of nitrogens with zero attached hydrogens (tertiary/aromatic N) is 4. The number of anilines is 1. The van der Waals surface area contributed by atoms with E-state index < -0.39 is 0 Å². The average molecular weight is 426 g/mol. The molecule has 0 radical (unpaired) electrons. The first kappa shape index (κ1) is 22.8. The van der Waals surface area contributed by atoms with Gasteiger partial charge in [-0.2, -0.15) is 0 Å². The molecule has 1 aliphatic rings. The van der Waals surface area contributed by atoms with E-state index in [0.29, 0.717) is 35.2 Å². The van der Waals surface area contributed by atoms with Crippen LogP contribution in [0.15, 0.2) is 77.8 Å². The summed E-state index contributed by atoms with van der Waals surface area (Å²) in [6.45, 7) is 10.5. The van der Waals surface area contributed by atoms with Crippen LogP contribution in [0.1, 0.15) is 43.4 Å². The lowest BCUT2D eigenvalue weighted by molar-refractivity contribution is 0.102. The number of hydrogen-bond acceptors (Lipinski definition) is 5. The molecule has 6 nitrogen and oxygen atoms in total. The van der Waals surface area contributed by atoms with Crippen LogP contribution in [0.5, 0.6) is 0 Å². The molecule has 0 spiro atoms. The van der Waals surface area contributed by atoms with Gasteiger partial charge in [-0.25, -0.2) is 15.0 Å². The Kier molecular flexibility index (Phi) is 7.79. The third kappa shape index (κ3) is 5.84. The molecule has 1 atom stereocenters. The monoisotopic (exact) mass is 425 g/mol. The van der Waals surface area contributed by atoms with Crippen molar-refractivity contribution < 1.29 is 4.79 Å². The number of rotatable bonds is 7. The number of pyridine rings is 1. The molecule has 2 aromatic rings. The summed E-state index contributed by atoms with van der Waals surface area (Å²) in [5, 5.41) is 3.71. The summed E-state index contributed by atoms with van der Waals surface area (Å²) in [4.78, 5) is 30.2. The van der Waals surface area contributed by atoms with Crippen LogP contribution >= 0.6 is 0 Å². The van der Waals surface area contributed by atoms with Crippen LogP contribution in [0.4, 0.5) is 5.82 Å². The maximum Gasteiger partial charge on any atom is 0.259 e. The zero-order valence-corrected chi connectivity index (χ0v) is 18.7. The fourth-order valence-corrected chi connectivity index (χ4v) is 2.99. The molecule has 6 heteroatoms. The van der Waals surface area contributed by atoms with E-state index in [1.165, 1.54) is 12.4 Å². The molecule has 162 valence electrons. The van der Waals surface area contributed by atoms with E-state index in [1.54, 1.807) is 18.2 Å². The molecule has 1 N–H and O–H groups in total. The number of allylic oxidation sites excluding steroid dienone is 5. The second kappa shape index (κ2) is 10.9. The second-order valence-corrected chi connectivity index (χ2v) is 7.43. The van der Waals surface area contributed by atoms with Crippen molar-refractivity contribution in [2.24, 2.45) is 10.9 Å². The second-order valence-electron chi connectivity index (χ2n) is 7.43. The molecule has 0 saturated heterocycles. The Balaban J connectivity index is 1.77. The lowest BCUT2D eigenvalue weighted by Crippen LogP contribution is -2.29. The molecule has 0 bridgehead atoms. The predicted octanol–water partition coefficient (Wildman–Crippen LogP) is 3.81. The van der Waals surface area contributed by atoms with Gasteiger partial charge < -0.3 is 5.32 Å². The molecule has 2 aromatic heterocycles. The van der Waals surface area contributed by atoms with Crippen molar-refractivity contribution in [2.45, 2.75) is 27.2 Å². The fraction of sp³-hybridized carbons (Fsp3) is 0.231. The van der Waals surface area contributed by atoms with Crippen LogP contribution in [0.2, 0.25) is 0 Å². The van der Waals surface area contributed by atoms with Gasteiger partial charge in [0.1, 0.15) is 5.82 Å². The highest BCUT2D eigenvalue weighted by Crippen LogP contribution is 2.19. The van der Waals surface area contributed by atoms with Gasteiger partial charge in [-0.15, -0.1) is 5.73 Å². The predicted molar refractivity (Wildman–Crippen MR) is 128 cm³/mol. The highest BCUT2D eigenvalue weighted by atomic mass is 16.1. The van der Waals surface area contributed by atoms with Gasteiger partial charge in [-0.05, 0) is 54.7 Å². The summed E-state index contributed by atoms with van der Waals surface area (Å²) in [5.74, 6) is 1.02. The van der Waals surface area contributed by atoms with E-state index >= 15 is 0 Å². The first-order valence-electron chi connectivity index (χ1n) is 10.6. The van der Waals surface area contributed by atoms with Gasteiger partial charge in [0.05, 0.1) is 12.1 Å². The van der Waals surface area contributed by atoms with Gasteiger partial charge in [0.2, 0.25) is 0 Å². The van der Waals surface area contributed by atoms with E-state index in [1.807, 2.05) is 37.3 Å². The molecule has 32 heavy (non-hydrogen) atoms. The summed E-state index contributed by atoms with van der Waals surface area (Å²) in [6.07, 6.45) is 15.4. The van der Waals surface area contributed by atoms with Gasteiger partial charge in [0.15, 0.2) is 11.3 Å². The molecule has 0 saturated carbocycles. The van der Waals surface area contributed by atoms with E-state index in [9.17, 15) is 4.79 Å². The summed E-state index contributed by atoms with van der Waals surface area (Å²) in [6, 6.07) is 3.64. The molecule has 0 aromatic carbocycles. The summed E-state index contributed by atoms with van der Waals surface area (Å²) >= 11 is 0. The quantitative estimate of drug-likeness (QED) is 0.540. The normalized spacial score (nSPS) is 13.4. The standard InChI is InChI=1S/C26H27N5O/c1-5-7-10-21(18(3)6-2)15-19(4)24-28-16-22(17-29-24)26(32)31-23-13-12-20-11-8-9-14-27-25(20)30-23/h5,7-9,11-13,15-18H,1,6,14H2,2-4H3,(H,27,30,31,32)/b19-15+/t10?,18-/m1/s1. The largest absolute Gasteiger partial charge is 0.306 e. The third-order valence-electron chi connectivity index (χ3n) is 5.06. The number of amides is 1. The molecule has 3 heterocycles. The molecule has 0 aliphatic carbocycles. The SMILES string of the molecule is C=CC=C=C(/C=C(\C)c1ncc(C(=O)Nc2ccc3c(n2)=NCC=CC=3)cn1)[C@H](C)CC. The number of carbonyl (C=O) groups excluding carboxylic acids is 1. The number of hydrogen-bond donors (Lipinski definition) is 1. The Hall–Kier alpha value is -3.89. The lowest BCUT2D eigenvalue weighted by Gasteiger charge is -2.09. The highest BCUT2D eigenvalue weighted by Gasteiger charge is 2.11. The first-order chi connectivity index (χ1) is 15.5. The smallest absolute Gasteiger partial charge is 0.259 e. The average Bonchev–Trinajstić information content (AvgIpc) is 3.06. The van der Waals surface area contributed by atoms with Crippen LogP contribution in [-0.4, -0.2) is 27.4 Å². The van der Waals surface area contributed by atoms with Gasteiger partial charge in [0.25, 0.3) is 5.91 Å². The number of nitrogens with one attached hydrogen (secondary N) is 1. The highest BCUT2D eigenvalue weighted by molar-refractivity contribution is 6.03. The Labute approximate surface area is 188 Å². The van der Waals surface area contributed by atoms with Crippen LogP contribution < -0.4 is 16.0 Å². The van der Waals surface area contributed by atoms with Gasteiger partial charge in [0, 0.05) is 17.6 Å². The Morgan fingerprint density at radius 2 is 2.09 bits per heavy atom. The maximum atomic E-state index is 12.6. The minimum atomic E-state index is -0.324. The Morgan fingerprint density at radius 3 is 2.81 bits per heavy atom. The first-order valence-corrected chi connectivity index (χ1v) is 10.6. The molecule has 1 aliphatic heterocycles. The van der Waals surface area contributed by atoms with E-state index in [4.69, 9.17) is 0 Å². The zero-order valence-electron chi connectivity index (χ0n) is 18.7. The van der Waals surface area contributed by atoms with E-state index in [0.717, 1.165) is 22.8 Å². The number of fused-ring (bicyclic) bond motifs is 1. The van der Waals surface area contributed by atoms with Gasteiger partial charge in [-0.1, -0.05) is 44.7 Å². The number of aromatic nitrogens is 3. The lowest BCUT2D eigenvalue weighted by atomic mass is 9.97. The molecular weight excluding hydrogens is 398 g/mol. The third-order valence-corrected chi connectivity index (χ3v) is 5.06. The van der Waals surface area contributed by atoms with Gasteiger partial charge >= 0.3 is 0 Å². The molecule has 0 unspecified atom stereocenters. The van der Waals surface area contributed by atoms with Crippen molar-refractivity contribution in [2.75, 3.05) is 11.9 Å². The van der Waals surface area contributed by atoms with Crippen LogP contribution in [-0.2, 0) is 0 Å². The maximum absolute atomic E-state index is 12.6. The van der Waals surface area contributed by atoms with Crippen molar-refractivity contribution in [3.63, 3.8) is 0 Å². The molecule has 1 amide bonds.